The SMILES string of the molecule is FC(F)(F)c1cc(Cl)c(Oc2cccc([CH]Cl)c2)c(Cl)c1. The van der Waals surface area contributed by atoms with Crippen molar-refractivity contribution in [3.05, 3.63) is 63.5 Å². The van der Waals surface area contributed by atoms with Crippen molar-refractivity contribution in [1.29, 1.82) is 0 Å². The second-order valence-corrected chi connectivity index (χ2v) is 5.08. The van der Waals surface area contributed by atoms with E-state index < -0.39 is 11.7 Å². The Morgan fingerprint density at radius 1 is 1.00 bits per heavy atom. The zero-order valence-electron chi connectivity index (χ0n) is 10.2. The van der Waals surface area contributed by atoms with Crippen molar-refractivity contribution in [2.75, 3.05) is 0 Å². The van der Waals surface area contributed by atoms with Gasteiger partial charge in [0.1, 0.15) is 5.75 Å². The van der Waals surface area contributed by atoms with Gasteiger partial charge in [0.25, 0.3) is 0 Å². The molecule has 2 aromatic rings. The third kappa shape index (κ3) is 3.96. The third-order valence-electron chi connectivity index (χ3n) is 2.53. The van der Waals surface area contributed by atoms with Crippen molar-refractivity contribution in [2.24, 2.45) is 0 Å². The van der Waals surface area contributed by atoms with Crippen molar-refractivity contribution in [3.8, 4) is 11.5 Å². The molecule has 0 bridgehead atoms. The molecule has 0 aliphatic carbocycles. The molecule has 0 fully saturated rings. The van der Waals surface area contributed by atoms with Crippen molar-refractivity contribution < 1.29 is 17.9 Å². The number of benzene rings is 2. The van der Waals surface area contributed by atoms with E-state index in [-0.39, 0.29) is 15.8 Å². The highest BCUT2D eigenvalue weighted by atomic mass is 35.5. The quantitative estimate of drug-likeness (QED) is 0.607. The van der Waals surface area contributed by atoms with Gasteiger partial charge in [-0.2, -0.15) is 13.2 Å². The van der Waals surface area contributed by atoms with Gasteiger partial charge in [0.2, 0.25) is 0 Å². The zero-order valence-corrected chi connectivity index (χ0v) is 12.5. The molecule has 111 valence electrons. The first-order chi connectivity index (χ1) is 9.81. The number of ether oxygens (including phenoxy) is 1. The molecule has 0 aliphatic rings. The van der Waals surface area contributed by atoms with Gasteiger partial charge in [0.15, 0.2) is 5.75 Å². The van der Waals surface area contributed by atoms with Gasteiger partial charge < -0.3 is 4.74 Å². The summed E-state index contributed by atoms with van der Waals surface area (Å²) in [5, 5.41) is -0.454. The number of alkyl halides is 3. The summed E-state index contributed by atoms with van der Waals surface area (Å²) in [6, 6.07) is 8.14. The van der Waals surface area contributed by atoms with Gasteiger partial charge in [-0.15, -0.1) is 11.6 Å². The highest BCUT2D eigenvalue weighted by Gasteiger charge is 2.32. The van der Waals surface area contributed by atoms with E-state index in [1.165, 1.54) is 5.88 Å². The summed E-state index contributed by atoms with van der Waals surface area (Å²) in [7, 11) is 0. The molecule has 0 saturated carbocycles. The lowest BCUT2D eigenvalue weighted by atomic mass is 10.2. The van der Waals surface area contributed by atoms with E-state index in [9.17, 15) is 13.2 Å². The van der Waals surface area contributed by atoms with Crippen molar-refractivity contribution in [1.82, 2.24) is 0 Å². The molecule has 0 aromatic heterocycles. The topological polar surface area (TPSA) is 9.23 Å². The maximum absolute atomic E-state index is 12.6. The van der Waals surface area contributed by atoms with Crippen molar-refractivity contribution >= 4 is 34.8 Å². The summed E-state index contributed by atoms with van der Waals surface area (Å²) in [6.07, 6.45) is -4.53. The fraction of sp³-hybridized carbons (Fsp3) is 0.0714. The molecule has 0 spiro atoms. The second kappa shape index (κ2) is 6.34. The summed E-state index contributed by atoms with van der Waals surface area (Å²) in [4.78, 5) is 0. The Bertz CT molecular complexity index is 633. The molecule has 0 amide bonds. The van der Waals surface area contributed by atoms with E-state index in [1.807, 2.05) is 0 Å². The average Bonchev–Trinajstić information content (AvgIpc) is 2.42. The standard InChI is InChI=1S/C14H7Cl3F3O/c15-7-8-2-1-3-10(4-8)21-13-11(16)5-9(6-12(13)17)14(18,19)20/h1-7H. The van der Waals surface area contributed by atoms with Crippen LogP contribution in [0, 0.1) is 5.88 Å². The van der Waals surface area contributed by atoms with Gasteiger partial charge in [-0.3, -0.25) is 0 Å². The molecular formula is C14H7Cl3F3O. The van der Waals surface area contributed by atoms with Crippen LogP contribution >= 0.6 is 34.8 Å². The first kappa shape index (κ1) is 16.3. The van der Waals surface area contributed by atoms with Crippen LogP contribution in [0.5, 0.6) is 11.5 Å². The smallest absolute Gasteiger partial charge is 0.416 e. The largest absolute Gasteiger partial charge is 0.454 e. The highest BCUT2D eigenvalue weighted by Crippen LogP contribution is 2.41. The Hall–Kier alpha value is -1.10. The molecule has 7 heteroatoms. The van der Waals surface area contributed by atoms with Gasteiger partial charge in [-0.1, -0.05) is 35.3 Å². The first-order valence-corrected chi connectivity index (χ1v) is 6.78. The Balaban J connectivity index is 2.36. The fourth-order valence-electron chi connectivity index (χ4n) is 1.58. The molecule has 0 heterocycles. The maximum atomic E-state index is 12.6. The minimum absolute atomic E-state index is 0.0435. The molecule has 0 unspecified atom stereocenters. The Labute approximate surface area is 134 Å². The summed E-state index contributed by atoms with van der Waals surface area (Å²) < 4.78 is 43.3. The minimum Gasteiger partial charge on any atom is -0.454 e. The molecule has 0 saturated heterocycles. The number of halogens is 6. The lowest BCUT2D eigenvalue weighted by Crippen LogP contribution is -2.05. The monoisotopic (exact) mass is 353 g/mol. The average molecular weight is 355 g/mol. The second-order valence-electron chi connectivity index (χ2n) is 4.05. The van der Waals surface area contributed by atoms with Crippen molar-refractivity contribution in [2.45, 2.75) is 6.18 Å². The minimum atomic E-state index is -4.53. The summed E-state index contributed by atoms with van der Waals surface area (Å²) >= 11 is 17.2. The van der Waals surface area contributed by atoms with Gasteiger partial charge in [-0.05, 0) is 29.8 Å². The number of hydrogen-bond acceptors (Lipinski definition) is 1. The van der Waals surface area contributed by atoms with E-state index >= 15 is 0 Å². The fourth-order valence-corrected chi connectivity index (χ4v) is 2.28. The van der Waals surface area contributed by atoms with Crippen LogP contribution in [-0.2, 0) is 6.18 Å². The summed E-state index contributed by atoms with van der Waals surface area (Å²) in [5.41, 5.74) is -0.263. The van der Waals surface area contributed by atoms with E-state index in [2.05, 4.69) is 0 Å². The van der Waals surface area contributed by atoms with E-state index in [1.54, 1.807) is 24.3 Å². The predicted molar refractivity (Wildman–Crippen MR) is 77.2 cm³/mol. The van der Waals surface area contributed by atoms with E-state index in [0.717, 1.165) is 12.1 Å². The van der Waals surface area contributed by atoms with Crippen LogP contribution in [0.1, 0.15) is 11.1 Å². The van der Waals surface area contributed by atoms with Crippen LogP contribution in [0.3, 0.4) is 0 Å². The normalized spacial score (nSPS) is 11.5. The van der Waals surface area contributed by atoms with Crippen LogP contribution in [0.4, 0.5) is 13.2 Å². The lowest BCUT2D eigenvalue weighted by molar-refractivity contribution is -0.137. The first-order valence-electron chi connectivity index (χ1n) is 5.59. The molecular weight excluding hydrogens is 348 g/mol. The lowest BCUT2D eigenvalue weighted by Gasteiger charge is -2.13. The Morgan fingerprint density at radius 2 is 1.62 bits per heavy atom. The van der Waals surface area contributed by atoms with Gasteiger partial charge in [0.05, 0.1) is 21.5 Å². The van der Waals surface area contributed by atoms with Crippen LogP contribution in [0.2, 0.25) is 10.0 Å². The molecule has 2 aromatic carbocycles. The zero-order chi connectivity index (χ0) is 15.6. The molecule has 1 nitrogen and oxygen atoms in total. The molecule has 21 heavy (non-hydrogen) atoms. The van der Waals surface area contributed by atoms with Crippen LogP contribution < -0.4 is 4.74 Å². The van der Waals surface area contributed by atoms with Gasteiger partial charge in [0, 0.05) is 0 Å². The number of rotatable bonds is 3. The maximum Gasteiger partial charge on any atom is 0.416 e. The van der Waals surface area contributed by atoms with Crippen LogP contribution in [0.15, 0.2) is 36.4 Å². The Morgan fingerprint density at radius 3 is 2.14 bits per heavy atom. The molecule has 0 N–H and O–H groups in total. The predicted octanol–water partition coefficient (Wildman–Crippen LogP) is 6.55. The molecule has 0 atom stereocenters. The Kier molecular flexibility index (Phi) is 4.91. The van der Waals surface area contributed by atoms with Gasteiger partial charge in [-0.25, -0.2) is 0 Å². The van der Waals surface area contributed by atoms with E-state index in [4.69, 9.17) is 39.5 Å². The van der Waals surface area contributed by atoms with Crippen LogP contribution in [-0.4, -0.2) is 0 Å². The van der Waals surface area contributed by atoms with Crippen LogP contribution in [0.25, 0.3) is 0 Å². The highest BCUT2D eigenvalue weighted by molar-refractivity contribution is 6.37. The van der Waals surface area contributed by atoms with Gasteiger partial charge >= 0.3 is 6.18 Å². The van der Waals surface area contributed by atoms with E-state index in [0.29, 0.717) is 11.3 Å². The number of hydrogen-bond donors (Lipinski definition) is 0. The third-order valence-corrected chi connectivity index (χ3v) is 3.34. The molecule has 2 rings (SSSR count). The summed E-state index contributed by atoms with van der Waals surface area (Å²) in [6.45, 7) is 0. The van der Waals surface area contributed by atoms with Crippen molar-refractivity contribution in [3.63, 3.8) is 0 Å². The summed E-state index contributed by atoms with van der Waals surface area (Å²) in [5.74, 6) is 1.65. The molecule has 0 aliphatic heterocycles. The molecule has 1 radical (unpaired) electrons.